The molecule has 2 heteroatoms. The number of ether oxygens (including phenoxy) is 2. The van der Waals surface area contributed by atoms with E-state index >= 15 is 0 Å². The van der Waals surface area contributed by atoms with Crippen LogP contribution >= 0.6 is 0 Å². The molecule has 0 bridgehead atoms. The third-order valence-corrected chi connectivity index (χ3v) is 3.38. The van der Waals surface area contributed by atoms with Gasteiger partial charge in [-0.05, 0) is 40.0 Å². The molecule has 0 rings (SSSR count). The first kappa shape index (κ1) is 14.9. The molecule has 0 N–H and O–H groups in total. The van der Waals surface area contributed by atoms with Gasteiger partial charge in [-0.25, -0.2) is 0 Å². The molecule has 0 saturated heterocycles. The second-order valence-electron chi connectivity index (χ2n) is 4.40. The van der Waals surface area contributed by atoms with E-state index in [0.29, 0.717) is 5.92 Å². The third kappa shape index (κ3) is 4.12. The molecule has 0 spiro atoms. The van der Waals surface area contributed by atoms with Crippen LogP contribution in [0.5, 0.6) is 0 Å². The monoisotopic (exact) mass is 216 g/mol. The summed E-state index contributed by atoms with van der Waals surface area (Å²) >= 11 is 0. The Balaban J connectivity index is 4.54. The van der Waals surface area contributed by atoms with E-state index in [1.807, 2.05) is 6.92 Å². The molecule has 0 aliphatic carbocycles. The van der Waals surface area contributed by atoms with E-state index in [0.717, 1.165) is 13.2 Å². The fraction of sp³-hybridized carbons (Fsp3) is 1.00. The van der Waals surface area contributed by atoms with Crippen molar-refractivity contribution < 1.29 is 9.47 Å². The van der Waals surface area contributed by atoms with Gasteiger partial charge in [0.2, 0.25) is 0 Å². The summed E-state index contributed by atoms with van der Waals surface area (Å²) in [7, 11) is 0. The summed E-state index contributed by atoms with van der Waals surface area (Å²) in [5.74, 6) is 0.531. The smallest absolute Gasteiger partial charge is 0.0937 e. The average molecular weight is 216 g/mol. The minimum Gasteiger partial charge on any atom is -0.376 e. The van der Waals surface area contributed by atoms with Crippen molar-refractivity contribution in [1.82, 2.24) is 0 Å². The van der Waals surface area contributed by atoms with Crippen LogP contribution in [0.4, 0.5) is 0 Å². The van der Waals surface area contributed by atoms with Gasteiger partial charge >= 0.3 is 0 Å². The number of hydrogen-bond acceptors (Lipinski definition) is 2. The Morgan fingerprint density at radius 2 is 1.67 bits per heavy atom. The van der Waals surface area contributed by atoms with Crippen molar-refractivity contribution in [2.45, 2.75) is 66.1 Å². The molecule has 2 nitrogen and oxygen atoms in total. The zero-order valence-electron chi connectivity index (χ0n) is 11.3. The molecule has 15 heavy (non-hydrogen) atoms. The molecule has 3 atom stereocenters. The van der Waals surface area contributed by atoms with E-state index in [2.05, 4.69) is 34.6 Å². The average Bonchev–Trinajstić information content (AvgIpc) is 2.18. The Hall–Kier alpha value is -0.0800. The van der Waals surface area contributed by atoms with E-state index in [9.17, 15) is 0 Å². The summed E-state index contributed by atoms with van der Waals surface area (Å²) in [5, 5.41) is 0. The molecule has 0 fully saturated rings. The molecule has 0 heterocycles. The van der Waals surface area contributed by atoms with Crippen molar-refractivity contribution in [2.24, 2.45) is 5.92 Å². The molecule has 0 aromatic heterocycles. The quantitative estimate of drug-likeness (QED) is 0.616. The maximum atomic E-state index is 5.93. The van der Waals surface area contributed by atoms with E-state index < -0.39 is 0 Å². The summed E-state index contributed by atoms with van der Waals surface area (Å²) in [5.41, 5.74) is -0.152. The van der Waals surface area contributed by atoms with Crippen molar-refractivity contribution in [3.63, 3.8) is 0 Å². The van der Waals surface area contributed by atoms with Crippen LogP contribution in [0.2, 0.25) is 0 Å². The molecule has 92 valence electrons. The molecular weight excluding hydrogens is 188 g/mol. The van der Waals surface area contributed by atoms with E-state index in [-0.39, 0.29) is 11.7 Å². The largest absolute Gasteiger partial charge is 0.376 e. The van der Waals surface area contributed by atoms with Gasteiger partial charge in [0.05, 0.1) is 11.7 Å². The lowest BCUT2D eigenvalue weighted by Crippen LogP contribution is -2.47. The topological polar surface area (TPSA) is 18.5 Å². The Labute approximate surface area is 95.3 Å². The standard InChI is InChI=1S/C13H28O2/c1-7-10-11(4)13(6,15-9-3)12(5)14-8-2/h11-12H,7-10H2,1-6H3. The highest BCUT2D eigenvalue weighted by Gasteiger charge is 2.37. The van der Waals surface area contributed by atoms with E-state index in [4.69, 9.17) is 9.47 Å². The summed E-state index contributed by atoms with van der Waals surface area (Å²) < 4.78 is 11.6. The van der Waals surface area contributed by atoms with Crippen molar-refractivity contribution in [2.75, 3.05) is 13.2 Å². The van der Waals surface area contributed by atoms with Gasteiger partial charge in [-0.2, -0.15) is 0 Å². The van der Waals surface area contributed by atoms with E-state index in [1.54, 1.807) is 0 Å². The van der Waals surface area contributed by atoms with Crippen molar-refractivity contribution in [3.05, 3.63) is 0 Å². The molecule has 0 aliphatic heterocycles. The molecule has 0 amide bonds. The van der Waals surface area contributed by atoms with Gasteiger partial charge in [0.15, 0.2) is 0 Å². The Morgan fingerprint density at radius 1 is 1.07 bits per heavy atom. The van der Waals surface area contributed by atoms with Gasteiger partial charge < -0.3 is 9.47 Å². The fourth-order valence-electron chi connectivity index (χ4n) is 2.11. The Morgan fingerprint density at radius 3 is 2.07 bits per heavy atom. The van der Waals surface area contributed by atoms with Crippen LogP contribution in [0.1, 0.15) is 54.4 Å². The van der Waals surface area contributed by atoms with Gasteiger partial charge in [-0.15, -0.1) is 0 Å². The molecular formula is C13H28O2. The summed E-state index contributed by atoms with van der Waals surface area (Å²) in [6, 6.07) is 0. The van der Waals surface area contributed by atoms with Gasteiger partial charge in [0, 0.05) is 13.2 Å². The SMILES string of the molecule is CCCC(C)C(C)(OCC)C(C)OCC. The number of hydrogen-bond donors (Lipinski definition) is 0. The zero-order valence-corrected chi connectivity index (χ0v) is 11.3. The van der Waals surface area contributed by atoms with Crippen LogP contribution in [0, 0.1) is 5.92 Å². The predicted molar refractivity (Wildman–Crippen MR) is 65.2 cm³/mol. The van der Waals surface area contributed by atoms with Gasteiger partial charge in [-0.3, -0.25) is 0 Å². The zero-order chi connectivity index (χ0) is 11.9. The van der Waals surface area contributed by atoms with Crippen molar-refractivity contribution >= 4 is 0 Å². The maximum absolute atomic E-state index is 5.93. The predicted octanol–water partition coefficient (Wildman–Crippen LogP) is 3.64. The normalized spacial score (nSPS) is 19.6. The lowest BCUT2D eigenvalue weighted by atomic mass is 9.83. The van der Waals surface area contributed by atoms with Crippen LogP contribution in [0.3, 0.4) is 0 Å². The Bertz CT molecular complexity index is 145. The van der Waals surface area contributed by atoms with Crippen LogP contribution in [-0.4, -0.2) is 24.9 Å². The Kier molecular flexibility index (Phi) is 7.20. The van der Waals surface area contributed by atoms with Crippen LogP contribution in [0.15, 0.2) is 0 Å². The molecule has 0 radical (unpaired) electrons. The molecule has 3 unspecified atom stereocenters. The van der Waals surface area contributed by atoms with Crippen LogP contribution in [0.25, 0.3) is 0 Å². The minimum absolute atomic E-state index is 0.152. The highest BCUT2D eigenvalue weighted by molar-refractivity contribution is 4.87. The molecule has 0 saturated carbocycles. The highest BCUT2D eigenvalue weighted by Crippen LogP contribution is 2.30. The lowest BCUT2D eigenvalue weighted by molar-refractivity contribution is -0.153. The first-order valence-electron chi connectivity index (χ1n) is 6.28. The van der Waals surface area contributed by atoms with Crippen LogP contribution < -0.4 is 0 Å². The first-order chi connectivity index (χ1) is 7.02. The van der Waals surface area contributed by atoms with Gasteiger partial charge in [0.1, 0.15) is 0 Å². The fourth-order valence-corrected chi connectivity index (χ4v) is 2.11. The maximum Gasteiger partial charge on any atom is 0.0937 e. The minimum atomic E-state index is -0.152. The van der Waals surface area contributed by atoms with E-state index in [1.165, 1.54) is 12.8 Å². The van der Waals surface area contributed by atoms with Crippen LogP contribution in [-0.2, 0) is 9.47 Å². The first-order valence-corrected chi connectivity index (χ1v) is 6.28. The highest BCUT2D eigenvalue weighted by atomic mass is 16.5. The van der Waals surface area contributed by atoms with Gasteiger partial charge in [0.25, 0.3) is 0 Å². The summed E-state index contributed by atoms with van der Waals surface area (Å²) in [4.78, 5) is 0. The molecule has 0 aliphatic rings. The summed E-state index contributed by atoms with van der Waals surface area (Å²) in [6.07, 6.45) is 2.54. The molecule has 0 aromatic rings. The molecule has 0 aromatic carbocycles. The van der Waals surface area contributed by atoms with Crippen molar-refractivity contribution in [1.29, 1.82) is 0 Å². The lowest BCUT2D eigenvalue weighted by Gasteiger charge is -2.40. The van der Waals surface area contributed by atoms with Crippen molar-refractivity contribution in [3.8, 4) is 0 Å². The third-order valence-electron chi connectivity index (χ3n) is 3.38. The van der Waals surface area contributed by atoms with Gasteiger partial charge in [-0.1, -0.05) is 20.3 Å². The second kappa shape index (κ2) is 7.24. The number of rotatable bonds is 8. The summed E-state index contributed by atoms with van der Waals surface area (Å²) in [6.45, 7) is 14.4. The second-order valence-corrected chi connectivity index (χ2v) is 4.40.